The summed E-state index contributed by atoms with van der Waals surface area (Å²) in [5.74, 6) is -0.244. The predicted molar refractivity (Wildman–Crippen MR) is 84.4 cm³/mol. The number of hydrogen-bond acceptors (Lipinski definition) is 3. The van der Waals surface area contributed by atoms with Crippen molar-refractivity contribution < 1.29 is 9.31 Å². The second kappa shape index (κ2) is 6.65. The quantitative estimate of drug-likeness (QED) is 0.480. The molecule has 4 nitrogen and oxygen atoms in total. The molecule has 0 unspecified atom stereocenters. The molecule has 0 aliphatic rings. The van der Waals surface area contributed by atoms with Gasteiger partial charge in [-0.1, -0.05) is 12.1 Å². The standard InChI is InChI=1S/C14H12FIN2O2/c15-11-3-1-10(2-4-11)7-8-17-12-5-6-14(18(19)20)13(16)9-12/h1-6,9,17H,7-8H2. The summed E-state index contributed by atoms with van der Waals surface area (Å²) < 4.78 is 13.3. The lowest BCUT2D eigenvalue weighted by molar-refractivity contribution is -0.385. The first-order chi connectivity index (χ1) is 9.56. The van der Waals surface area contributed by atoms with Crippen LogP contribution in [0, 0.1) is 19.5 Å². The number of benzene rings is 2. The van der Waals surface area contributed by atoms with Gasteiger partial charge in [0.2, 0.25) is 0 Å². The van der Waals surface area contributed by atoms with Gasteiger partial charge in [0, 0.05) is 18.3 Å². The molecule has 20 heavy (non-hydrogen) atoms. The summed E-state index contributed by atoms with van der Waals surface area (Å²) in [6, 6.07) is 11.3. The van der Waals surface area contributed by atoms with Crippen molar-refractivity contribution in [3.05, 3.63) is 67.5 Å². The number of nitro benzene ring substituents is 1. The first-order valence-corrected chi connectivity index (χ1v) is 7.06. The molecule has 0 aromatic heterocycles. The molecule has 0 bridgehead atoms. The number of nitro groups is 1. The van der Waals surface area contributed by atoms with Crippen LogP contribution in [0.25, 0.3) is 0 Å². The summed E-state index contributed by atoms with van der Waals surface area (Å²) in [7, 11) is 0. The fourth-order valence-corrected chi connectivity index (χ4v) is 2.48. The highest BCUT2D eigenvalue weighted by Gasteiger charge is 2.11. The van der Waals surface area contributed by atoms with E-state index in [0.29, 0.717) is 10.1 Å². The topological polar surface area (TPSA) is 55.2 Å². The molecule has 0 aliphatic heterocycles. The zero-order chi connectivity index (χ0) is 14.5. The number of anilines is 1. The van der Waals surface area contributed by atoms with E-state index >= 15 is 0 Å². The van der Waals surface area contributed by atoms with Crippen molar-refractivity contribution in [1.29, 1.82) is 0 Å². The van der Waals surface area contributed by atoms with Gasteiger partial charge in [-0.15, -0.1) is 0 Å². The van der Waals surface area contributed by atoms with Gasteiger partial charge in [-0.2, -0.15) is 0 Å². The van der Waals surface area contributed by atoms with Crippen molar-refractivity contribution in [2.24, 2.45) is 0 Å². The first kappa shape index (κ1) is 14.7. The van der Waals surface area contributed by atoms with Crippen LogP contribution in [-0.2, 0) is 6.42 Å². The van der Waals surface area contributed by atoms with Crippen LogP contribution in [0.3, 0.4) is 0 Å². The van der Waals surface area contributed by atoms with E-state index in [1.54, 1.807) is 24.3 Å². The molecular formula is C14H12FIN2O2. The molecule has 0 saturated heterocycles. The van der Waals surface area contributed by atoms with E-state index in [1.807, 2.05) is 22.6 Å². The van der Waals surface area contributed by atoms with Crippen molar-refractivity contribution in [1.82, 2.24) is 0 Å². The monoisotopic (exact) mass is 386 g/mol. The highest BCUT2D eigenvalue weighted by molar-refractivity contribution is 14.1. The van der Waals surface area contributed by atoms with Crippen molar-refractivity contribution >= 4 is 34.0 Å². The molecule has 2 rings (SSSR count). The molecule has 0 radical (unpaired) electrons. The number of hydrogen-bond donors (Lipinski definition) is 1. The smallest absolute Gasteiger partial charge is 0.282 e. The Morgan fingerprint density at radius 3 is 2.50 bits per heavy atom. The largest absolute Gasteiger partial charge is 0.385 e. The Bertz CT molecular complexity index is 617. The van der Waals surface area contributed by atoms with Gasteiger partial charge in [0.1, 0.15) is 5.82 Å². The fourth-order valence-electron chi connectivity index (χ4n) is 1.77. The molecule has 1 N–H and O–H groups in total. The maximum absolute atomic E-state index is 12.7. The Morgan fingerprint density at radius 1 is 1.20 bits per heavy atom. The van der Waals surface area contributed by atoms with Gasteiger partial charge in [0.15, 0.2) is 0 Å². The minimum atomic E-state index is -0.399. The second-order valence-electron chi connectivity index (χ2n) is 4.23. The minimum Gasteiger partial charge on any atom is -0.385 e. The van der Waals surface area contributed by atoms with E-state index in [9.17, 15) is 14.5 Å². The summed E-state index contributed by atoms with van der Waals surface area (Å²) in [6.07, 6.45) is 0.758. The van der Waals surface area contributed by atoms with Crippen LogP contribution in [0.1, 0.15) is 5.56 Å². The van der Waals surface area contributed by atoms with Crippen LogP contribution in [0.15, 0.2) is 42.5 Å². The molecule has 6 heteroatoms. The Hall–Kier alpha value is -1.70. The minimum absolute atomic E-state index is 0.106. The molecule has 0 aliphatic carbocycles. The number of halogens is 2. The Balaban J connectivity index is 1.92. The normalized spacial score (nSPS) is 10.3. The molecule has 0 spiro atoms. The summed E-state index contributed by atoms with van der Waals surface area (Å²) in [6.45, 7) is 0.680. The Labute approximate surface area is 129 Å². The molecule has 2 aromatic carbocycles. The number of nitrogens with one attached hydrogen (secondary N) is 1. The molecule has 0 heterocycles. The van der Waals surface area contributed by atoms with Crippen LogP contribution in [0.4, 0.5) is 15.8 Å². The fraction of sp³-hybridized carbons (Fsp3) is 0.143. The Morgan fingerprint density at radius 2 is 1.90 bits per heavy atom. The lowest BCUT2D eigenvalue weighted by Gasteiger charge is -2.07. The lowest BCUT2D eigenvalue weighted by Crippen LogP contribution is -2.05. The van der Waals surface area contributed by atoms with Crippen LogP contribution < -0.4 is 5.32 Å². The van der Waals surface area contributed by atoms with Crippen LogP contribution >= 0.6 is 22.6 Å². The second-order valence-corrected chi connectivity index (χ2v) is 5.39. The SMILES string of the molecule is O=[N+]([O-])c1ccc(NCCc2ccc(F)cc2)cc1I. The molecular weight excluding hydrogens is 374 g/mol. The van der Waals surface area contributed by atoms with Gasteiger partial charge in [-0.05, 0) is 58.8 Å². The predicted octanol–water partition coefficient (Wildman–Crippen LogP) is 3.99. The van der Waals surface area contributed by atoms with Crippen LogP contribution in [0.2, 0.25) is 0 Å². The number of rotatable bonds is 5. The third kappa shape index (κ3) is 3.89. The highest BCUT2D eigenvalue weighted by atomic mass is 127. The summed E-state index contributed by atoms with van der Waals surface area (Å²) in [5.41, 5.74) is 1.98. The van der Waals surface area contributed by atoms with E-state index in [2.05, 4.69) is 5.32 Å². The van der Waals surface area contributed by atoms with Crippen molar-refractivity contribution in [2.75, 3.05) is 11.9 Å². The Kier molecular flexibility index (Phi) is 4.89. The maximum atomic E-state index is 12.7. The average molecular weight is 386 g/mol. The van der Waals surface area contributed by atoms with Gasteiger partial charge in [-0.3, -0.25) is 10.1 Å². The van der Waals surface area contributed by atoms with Gasteiger partial charge in [-0.25, -0.2) is 4.39 Å². The summed E-state index contributed by atoms with van der Waals surface area (Å²) in [5, 5.41) is 13.9. The van der Waals surface area contributed by atoms with Crippen molar-refractivity contribution in [3.63, 3.8) is 0 Å². The van der Waals surface area contributed by atoms with Crippen molar-refractivity contribution in [3.8, 4) is 0 Å². The van der Waals surface area contributed by atoms with E-state index in [-0.39, 0.29) is 11.5 Å². The van der Waals surface area contributed by atoms with E-state index in [1.165, 1.54) is 18.2 Å². The molecule has 2 aromatic rings. The van der Waals surface area contributed by atoms with Crippen molar-refractivity contribution in [2.45, 2.75) is 6.42 Å². The van der Waals surface area contributed by atoms with Crippen LogP contribution in [-0.4, -0.2) is 11.5 Å². The summed E-state index contributed by atoms with van der Waals surface area (Å²) >= 11 is 1.94. The van der Waals surface area contributed by atoms with E-state index in [4.69, 9.17) is 0 Å². The zero-order valence-electron chi connectivity index (χ0n) is 10.5. The third-order valence-corrected chi connectivity index (χ3v) is 3.66. The highest BCUT2D eigenvalue weighted by Crippen LogP contribution is 2.24. The zero-order valence-corrected chi connectivity index (χ0v) is 12.6. The van der Waals surface area contributed by atoms with E-state index in [0.717, 1.165) is 17.7 Å². The molecule has 0 atom stereocenters. The maximum Gasteiger partial charge on any atom is 0.282 e. The average Bonchev–Trinajstić information content (AvgIpc) is 2.41. The van der Waals surface area contributed by atoms with E-state index < -0.39 is 4.92 Å². The van der Waals surface area contributed by atoms with Gasteiger partial charge in [0.05, 0.1) is 8.49 Å². The number of nitrogens with zero attached hydrogens (tertiary/aromatic N) is 1. The van der Waals surface area contributed by atoms with Crippen LogP contribution in [0.5, 0.6) is 0 Å². The van der Waals surface area contributed by atoms with Gasteiger partial charge in [0.25, 0.3) is 5.69 Å². The third-order valence-electron chi connectivity index (χ3n) is 2.80. The van der Waals surface area contributed by atoms with Gasteiger partial charge >= 0.3 is 0 Å². The summed E-state index contributed by atoms with van der Waals surface area (Å²) in [4.78, 5) is 10.3. The molecule has 0 saturated carbocycles. The molecule has 0 amide bonds. The first-order valence-electron chi connectivity index (χ1n) is 5.98. The molecule has 104 valence electrons. The van der Waals surface area contributed by atoms with Gasteiger partial charge < -0.3 is 5.32 Å². The molecule has 0 fully saturated rings. The lowest BCUT2D eigenvalue weighted by atomic mass is 10.1.